The lowest BCUT2D eigenvalue weighted by atomic mass is 10.1. The predicted octanol–water partition coefficient (Wildman–Crippen LogP) is 3.38. The van der Waals surface area contributed by atoms with Crippen LogP contribution in [0.1, 0.15) is 22.8 Å². The Morgan fingerprint density at radius 3 is 2.69 bits per heavy atom. The highest BCUT2D eigenvalue weighted by atomic mass is 32.2. The van der Waals surface area contributed by atoms with Crippen molar-refractivity contribution in [3.05, 3.63) is 65.9 Å². The van der Waals surface area contributed by atoms with Gasteiger partial charge in [0.2, 0.25) is 16.9 Å². The molecule has 1 fully saturated rings. The third-order valence-corrected chi connectivity index (χ3v) is 7.73. The molecule has 1 aliphatic heterocycles. The van der Waals surface area contributed by atoms with E-state index < -0.39 is 16.9 Å². The molecule has 1 aromatic heterocycles. The lowest BCUT2D eigenvalue weighted by molar-refractivity contribution is 0.0593. The van der Waals surface area contributed by atoms with E-state index in [1.807, 2.05) is 31.2 Å². The number of hydrogen-bond donors (Lipinski definition) is 0. The number of amides is 1. The van der Waals surface area contributed by atoms with Gasteiger partial charge in [0.15, 0.2) is 0 Å². The van der Waals surface area contributed by atoms with Crippen molar-refractivity contribution < 1.29 is 22.3 Å². The number of ether oxygens (including phenoxy) is 1. The molecular weight excluding hydrogens is 433 g/mol. The van der Waals surface area contributed by atoms with E-state index in [2.05, 4.69) is 4.98 Å². The molecule has 0 spiro atoms. The molecule has 0 bridgehead atoms. The summed E-state index contributed by atoms with van der Waals surface area (Å²) in [5, 5.41) is 0.878. The molecule has 1 aliphatic rings. The fraction of sp³-hybridized carbons (Fsp3) is 0.304. The molecule has 168 valence electrons. The second-order valence-electron chi connectivity index (χ2n) is 7.77. The molecule has 0 N–H and O–H groups in total. The number of sulfonamides is 1. The summed E-state index contributed by atoms with van der Waals surface area (Å²) in [5.41, 5.74) is 1.61. The maximum absolute atomic E-state index is 13.3. The number of rotatable bonds is 5. The average molecular weight is 458 g/mol. The predicted molar refractivity (Wildman–Crippen MR) is 119 cm³/mol. The van der Waals surface area contributed by atoms with Gasteiger partial charge < -0.3 is 9.64 Å². The average Bonchev–Trinajstić information content (AvgIpc) is 2.78. The van der Waals surface area contributed by atoms with Crippen molar-refractivity contribution in [2.75, 3.05) is 26.5 Å². The van der Waals surface area contributed by atoms with Crippen molar-refractivity contribution in [1.29, 1.82) is 0 Å². The quantitative estimate of drug-likeness (QED) is 0.587. The van der Waals surface area contributed by atoms with Crippen molar-refractivity contribution in [1.82, 2.24) is 14.2 Å². The summed E-state index contributed by atoms with van der Waals surface area (Å²) in [6.07, 6.45) is 1.65. The first-order valence-corrected chi connectivity index (χ1v) is 11.7. The van der Waals surface area contributed by atoms with E-state index in [0.29, 0.717) is 16.6 Å². The number of benzene rings is 2. The molecule has 1 atom stereocenters. The van der Waals surface area contributed by atoms with E-state index in [0.717, 1.165) is 5.39 Å². The van der Waals surface area contributed by atoms with Gasteiger partial charge in [0.1, 0.15) is 5.75 Å². The number of piperazine rings is 1. The monoisotopic (exact) mass is 457 g/mol. The van der Waals surface area contributed by atoms with Crippen LogP contribution in [-0.2, 0) is 10.0 Å². The smallest absolute Gasteiger partial charge is 0.256 e. The van der Waals surface area contributed by atoms with Crippen LogP contribution in [0.25, 0.3) is 10.9 Å². The molecule has 7 nitrogen and oxygen atoms in total. The number of pyridine rings is 1. The fourth-order valence-corrected chi connectivity index (χ4v) is 5.80. The molecule has 9 heteroatoms. The van der Waals surface area contributed by atoms with Gasteiger partial charge in [-0.3, -0.25) is 9.78 Å². The van der Waals surface area contributed by atoms with Crippen LogP contribution >= 0.6 is 0 Å². The number of nitrogens with zero attached hydrogens (tertiary/aromatic N) is 3. The van der Waals surface area contributed by atoms with Crippen LogP contribution in [0.5, 0.6) is 5.75 Å². The lowest BCUT2D eigenvalue weighted by Gasteiger charge is -2.39. The van der Waals surface area contributed by atoms with Crippen molar-refractivity contribution in [3.63, 3.8) is 0 Å². The number of hydrogen-bond acceptors (Lipinski definition) is 5. The molecule has 0 unspecified atom stereocenters. The molecule has 3 aromatic rings. The number of halogens is 1. The highest BCUT2D eigenvalue weighted by Gasteiger charge is 2.35. The number of aromatic nitrogens is 1. The molecule has 1 amide bonds. The molecule has 1 saturated heterocycles. The molecule has 0 saturated carbocycles. The lowest BCUT2D eigenvalue weighted by Crippen LogP contribution is -2.55. The van der Waals surface area contributed by atoms with Crippen LogP contribution in [0.2, 0.25) is 0 Å². The number of fused-ring (bicyclic) bond motifs is 1. The van der Waals surface area contributed by atoms with Crippen LogP contribution in [0.15, 0.2) is 59.6 Å². The number of aryl methyl sites for hydroxylation is 1. The Balaban J connectivity index is 1.55. The zero-order chi connectivity index (χ0) is 22.9. The number of carbonyl (C=O) groups excluding carboxylic acids is 1. The topological polar surface area (TPSA) is 79.8 Å². The third kappa shape index (κ3) is 4.05. The second-order valence-corrected chi connectivity index (χ2v) is 9.68. The van der Waals surface area contributed by atoms with Gasteiger partial charge in [-0.2, -0.15) is 4.31 Å². The molecule has 0 aliphatic carbocycles. The van der Waals surface area contributed by atoms with Gasteiger partial charge in [-0.25, -0.2) is 12.8 Å². The minimum absolute atomic E-state index is 0.147. The summed E-state index contributed by atoms with van der Waals surface area (Å²) in [6.45, 7) is 3.13. The first-order valence-electron chi connectivity index (χ1n) is 10.3. The Labute approximate surface area is 186 Å². The summed E-state index contributed by atoms with van der Waals surface area (Å²) in [7, 11) is -3.77. The maximum Gasteiger partial charge on any atom is 0.256 e. The minimum atomic E-state index is -3.77. The van der Waals surface area contributed by atoms with Crippen molar-refractivity contribution in [3.8, 4) is 5.75 Å². The number of alkyl halides is 1. The van der Waals surface area contributed by atoms with Gasteiger partial charge in [-0.15, -0.1) is 0 Å². The van der Waals surface area contributed by atoms with Crippen LogP contribution in [0, 0.1) is 6.92 Å². The summed E-state index contributed by atoms with van der Waals surface area (Å²) in [5.74, 6) is 0.110. The molecular formula is C23H24FN3O4S. The zero-order valence-corrected chi connectivity index (χ0v) is 18.7. The third-order valence-electron chi connectivity index (χ3n) is 5.70. The minimum Gasteiger partial charge on any atom is -0.463 e. The van der Waals surface area contributed by atoms with Crippen LogP contribution < -0.4 is 4.74 Å². The Bertz CT molecular complexity index is 1260. The highest BCUT2D eigenvalue weighted by molar-refractivity contribution is 7.89. The molecule has 32 heavy (non-hydrogen) atoms. The van der Waals surface area contributed by atoms with Crippen LogP contribution in [-0.4, -0.2) is 61.1 Å². The van der Waals surface area contributed by atoms with E-state index in [1.54, 1.807) is 24.1 Å². The van der Waals surface area contributed by atoms with Crippen molar-refractivity contribution in [2.24, 2.45) is 0 Å². The SMILES string of the molecule is Cc1cc(OCF)ccc1S(=O)(=O)N1CCN(C(=O)c2cccc3cccnc23)[C@@H](C)C1. The Morgan fingerprint density at radius 1 is 1.19 bits per heavy atom. The summed E-state index contributed by atoms with van der Waals surface area (Å²) in [6, 6.07) is 13.2. The first kappa shape index (κ1) is 22.2. The van der Waals surface area contributed by atoms with Gasteiger partial charge in [-0.05, 0) is 49.7 Å². The van der Waals surface area contributed by atoms with E-state index in [1.165, 1.54) is 22.5 Å². The summed E-state index contributed by atoms with van der Waals surface area (Å²) >= 11 is 0. The van der Waals surface area contributed by atoms with E-state index in [4.69, 9.17) is 4.74 Å². The highest BCUT2D eigenvalue weighted by Crippen LogP contribution is 2.27. The Hall–Kier alpha value is -3.04. The molecule has 2 heterocycles. The van der Waals surface area contributed by atoms with Crippen molar-refractivity contribution >= 4 is 26.8 Å². The fourth-order valence-electron chi connectivity index (χ4n) is 4.08. The largest absolute Gasteiger partial charge is 0.463 e. The van der Waals surface area contributed by atoms with E-state index in [-0.39, 0.29) is 42.2 Å². The second kappa shape index (κ2) is 8.84. The summed E-state index contributed by atoms with van der Waals surface area (Å²) < 4.78 is 45.1. The van der Waals surface area contributed by atoms with Crippen molar-refractivity contribution in [2.45, 2.75) is 24.8 Å². The van der Waals surface area contributed by atoms with Gasteiger partial charge in [-0.1, -0.05) is 18.2 Å². The van der Waals surface area contributed by atoms with Gasteiger partial charge >= 0.3 is 0 Å². The first-order chi connectivity index (χ1) is 15.3. The molecule has 2 aromatic carbocycles. The van der Waals surface area contributed by atoms with Gasteiger partial charge in [0.05, 0.1) is 16.0 Å². The maximum atomic E-state index is 13.3. The molecule has 0 radical (unpaired) electrons. The Morgan fingerprint density at radius 2 is 1.97 bits per heavy atom. The Kier molecular flexibility index (Phi) is 6.12. The van der Waals surface area contributed by atoms with Crippen LogP contribution in [0.3, 0.4) is 0 Å². The molecule has 4 rings (SSSR count). The number of carbonyl (C=O) groups is 1. The van der Waals surface area contributed by atoms with E-state index in [9.17, 15) is 17.6 Å². The number of para-hydroxylation sites is 1. The van der Waals surface area contributed by atoms with E-state index >= 15 is 0 Å². The zero-order valence-electron chi connectivity index (χ0n) is 17.9. The standard InChI is InChI=1S/C23H24FN3O4S/c1-16-13-19(31-15-24)8-9-21(16)32(29,30)26-11-12-27(17(2)14-26)23(28)20-7-3-5-18-6-4-10-25-22(18)20/h3-10,13,17H,11-12,14-15H2,1-2H3/t17-/m0/s1. The van der Waals surface area contributed by atoms with Gasteiger partial charge in [0.25, 0.3) is 5.91 Å². The normalized spacial score (nSPS) is 17.5. The van der Waals surface area contributed by atoms with Gasteiger partial charge in [0, 0.05) is 37.3 Å². The summed E-state index contributed by atoms with van der Waals surface area (Å²) in [4.78, 5) is 19.5. The van der Waals surface area contributed by atoms with Crippen LogP contribution in [0.4, 0.5) is 4.39 Å².